The molecule has 0 radical (unpaired) electrons. The first-order valence-corrected chi connectivity index (χ1v) is 6.94. The van der Waals surface area contributed by atoms with Crippen LogP contribution in [0, 0.1) is 12.3 Å². The van der Waals surface area contributed by atoms with Crippen LogP contribution < -0.4 is 5.73 Å². The Balaban J connectivity index is 1.96. The molecule has 1 aliphatic carbocycles. The van der Waals surface area contributed by atoms with E-state index in [1.54, 1.807) is 18.2 Å². The predicted octanol–water partition coefficient (Wildman–Crippen LogP) is 3.70. The molecule has 1 fully saturated rings. The van der Waals surface area contributed by atoms with E-state index in [4.69, 9.17) is 10.5 Å². The summed E-state index contributed by atoms with van der Waals surface area (Å²) < 4.78 is 5.59. The minimum Gasteiger partial charge on any atom is -0.459 e. The van der Waals surface area contributed by atoms with Crippen molar-refractivity contribution in [2.24, 2.45) is 5.41 Å². The van der Waals surface area contributed by atoms with Crippen molar-refractivity contribution < 1.29 is 9.53 Å². The summed E-state index contributed by atoms with van der Waals surface area (Å²) in [6, 6.07) is 5.29. The van der Waals surface area contributed by atoms with Crippen molar-refractivity contribution >= 4 is 11.7 Å². The number of carbonyl (C=O) groups is 1. The quantitative estimate of drug-likeness (QED) is 0.652. The zero-order valence-corrected chi connectivity index (χ0v) is 12.0. The third-order valence-corrected chi connectivity index (χ3v) is 4.07. The number of carbonyl (C=O) groups excluding carboxylic acids is 1. The average molecular weight is 261 g/mol. The zero-order valence-electron chi connectivity index (χ0n) is 12.0. The number of hydrogen-bond acceptors (Lipinski definition) is 3. The van der Waals surface area contributed by atoms with Crippen LogP contribution in [0.25, 0.3) is 0 Å². The molecule has 3 nitrogen and oxygen atoms in total. The van der Waals surface area contributed by atoms with Crippen LogP contribution in [-0.4, -0.2) is 12.1 Å². The largest absolute Gasteiger partial charge is 0.459 e. The van der Waals surface area contributed by atoms with E-state index in [0.29, 0.717) is 16.7 Å². The van der Waals surface area contributed by atoms with Gasteiger partial charge < -0.3 is 10.5 Å². The molecule has 0 saturated heterocycles. The fourth-order valence-electron chi connectivity index (χ4n) is 2.51. The molecular formula is C16H23NO2. The predicted molar refractivity (Wildman–Crippen MR) is 77.0 cm³/mol. The van der Waals surface area contributed by atoms with Crippen molar-refractivity contribution in [2.45, 2.75) is 52.6 Å². The molecule has 0 aliphatic heterocycles. The maximum Gasteiger partial charge on any atom is 0.338 e. The number of nitrogens with two attached hydrogens (primary N) is 1. The Hall–Kier alpha value is -1.51. The molecule has 104 valence electrons. The van der Waals surface area contributed by atoms with Crippen LogP contribution in [0.1, 0.15) is 55.5 Å². The number of esters is 1. The number of ether oxygens (including phenoxy) is 1. The summed E-state index contributed by atoms with van der Waals surface area (Å²) >= 11 is 0. The molecule has 0 atom stereocenters. The number of nitrogen functional groups attached to an aromatic ring is 1. The molecule has 0 heterocycles. The third-order valence-electron chi connectivity index (χ3n) is 4.07. The molecule has 3 heteroatoms. The monoisotopic (exact) mass is 261 g/mol. The van der Waals surface area contributed by atoms with Gasteiger partial charge in [-0.15, -0.1) is 0 Å². The third kappa shape index (κ3) is 3.49. The minimum atomic E-state index is -0.229. The molecule has 2 rings (SSSR count). The van der Waals surface area contributed by atoms with Crippen molar-refractivity contribution in [1.82, 2.24) is 0 Å². The lowest BCUT2D eigenvalue weighted by Crippen LogP contribution is -2.28. The molecule has 1 aliphatic rings. The summed E-state index contributed by atoms with van der Waals surface area (Å²) in [6.07, 6.45) is 4.23. The molecule has 19 heavy (non-hydrogen) atoms. The number of rotatable bonds is 2. The van der Waals surface area contributed by atoms with Gasteiger partial charge in [-0.25, -0.2) is 4.79 Å². The van der Waals surface area contributed by atoms with Gasteiger partial charge in [-0.3, -0.25) is 0 Å². The van der Waals surface area contributed by atoms with E-state index in [0.717, 1.165) is 31.2 Å². The molecule has 0 aromatic heterocycles. The van der Waals surface area contributed by atoms with E-state index in [9.17, 15) is 4.79 Å². The van der Waals surface area contributed by atoms with Gasteiger partial charge in [-0.2, -0.15) is 0 Å². The average Bonchev–Trinajstić information content (AvgIpc) is 2.35. The van der Waals surface area contributed by atoms with Gasteiger partial charge in [0.05, 0.1) is 5.56 Å². The highest BCUT2D eigenvalue weighted by molar-refractivity contribution is 5.90. The Bertz CT molecular complexity index is 470. The summed E-state index contributed by atoms with van der Waals surface area (Å²) in [5, 5.41) is 0. The summed E-state index contributed by atoms with van der Waals surface area (Å²) in [6.45, 7) is 6.44. The fourth-order valence-corrected chi connectivity index (χ4v) is 2.51. The number of anilines is 1. The Morgan fingerprint density at radius 3 is 2.53 bits per heavy atom. The highest BCUT2D eigenvalue weighted by Crippen LogP contribution is 2.36. The van der Waals surface area contributed by atoms with Gasteiger partial charge in [0, 0.05) is 5.69 Å². The van der Waals surface area contributed by atoms with Crippen LogP contribution in [-0.2, 0) is 4.74 Å². The Kier molecular flexibility index (Phi) is 3.83. The van der Waals surface area contributed by atoms with Crippen molar-refractivity contribution in [3.63, 3.8) is 0 Å². The van der Waals surface area contributed by atoms with Crippen molar-refractivity contribution in [1.29, 1.82) is 0 Å². The molecule has 0 amide bonds. The zero-order chi connectivity index (χ0) is 14.0. The van der Waals surface area contributed by atoms with Gasteiger partial charge in [0.25, 0.3) is 0 Å². The lowest BCUT2D eigenvalue weighted by molar-refractivity contribution is 0.00951. The van der Waals surface area contributed by atoms with Gasteiger partial charge in [-0.1, -0.05) is 13.8 Å². The normalized spacial score (nSPS) is 19.1. The Labute approximate surface area is 115 Å². The Morgan fingerprint density at radius 2 is 1.95 bits per heavy atom. The molecule has 0 unspecified atom stereocenters. The molecule has 1 saturated carbocycles. The lowest BCUT2D eigenvalue weighted by Gasteiger charge is -2.33. The topological polar surface area (TPSA) is 52.3 Å². The summed E-state index contributed by atoms with van der Waals surface area (Å²) in [7, 11) is 0. The Morgan fingerprint density at radius 1 is 1.32 bits per heavy atom. The second-order valence-corrected chi connectivity index (χ2v) is 6.34. The number of hydrogen-bond donors (Lipinski definition) is 1. The van der Waals surface area contributed by atoms with E-state index in [-0.39, 0.29) is 12.1 Å². The van der Waals surface area contributed by atoms with Gasteiger partial charge in [0.1, 0.15) is 6.10 Å². The highest BCUT2D eigenvalue weighted by atomic mass is 16.5. The van der Waals surface area contributed by atoms with Gasteiger partial charge in [-0.05, 0) is 61.8 Å². The van der Waals surface area contributed by atoms with E-state index in [1.807, 2.05) is 6.92 Å². The first kappa shape index (κ1) is 13.9. The summed E-state index contributed by atoms with van der Waals surface area (Å²) in [5.74, 6) is -0.229. The second-order valence-electron chi connectivity index (χ2n) is 6.34. The molecule has 0 spiro atoms. The van der Waals surface area contributed by atoms with Crippen LogP contribution in [0.15, 0.2) is 18.2 Å². The van der Waals surface area contributed by atoms with Gasteiger partial charge in [0.2, 0.25) is 0 Å². The van der Waals surface area contributed by atoms with Crippen molar-refractivity contribution in [3.05, 3.63) is 29.3 Å². The molecule has 0 bridgehead atoms. The van der Waals surface area contributed by atoms with E-state index >= 15 is 0 Å². The second kappa shape index (κ2) is 5.24. The van der Waals surface area contributed by atoms with Crippen LogP contribution in [0.5, 0.6) is 0 Å². The molecule has 1 aromatic rings. The smallest absolute Gasteiger partial charge is 0.338 e. The molecule has 2 N–H and O–H groups in total. The standard InChI is InChI=1S/C16H23NO2/c1-11-10-12(4-5-14(11)17)15(18)19-13-6-8-16(2,3)9-7-13/h4-5,10,13H,6-9,17H2,1-3H3. The fraction of sp³-hybridized carbons (Fsp3) is 0.562. The first-order valence-electron chi connectivity index (χ1n) is 6.94. The number of benzene rings is 1. The van der Waals surface area contributed by atoms with E-state index in [2.05, 4.69) is 13.8 Å². The highest BCUT2D eigenvalue weighted by Gasteiger charge is 2.29. The van der Waals surface area contributed by atoms with E-state index in [1.165, 1.54) is 0 Å². The molecular weight excluding hydrogens is 238 g/mol. The number of aryl methyl sites for hydroxylation is 1. The maximum atomic E-state index is 12.1. The van der Waals surface area contributed by atoms with Gasteiger partial charge in [0.15, 0.2) is 0 Å². The summed E-state index contributed by atoms with van der Waals surface area (Å²) in [5.41, 5.74) is 8.35. The lowest BCUT2D eigenvalue weighted by atomic mass is 9.76. The van der Waals surface area contributed by atoms with E-state index < -0.39 is 0 Å². The van der Waals surface area contributed by atoms with Crippen LogP contribution in [0.4, 0.5) is 5.69 Å². The van der Waals surface area contributed by atoms with Crippen molar-refractivity contribution in [3.8, 4) is 0 Å². The minimum absolute atomic E-state index is 0.0679. The SMILES string of the molecule is Cc1cc(C(=O)OC2CCC(C)(C)CC2)ccc1N. The van der Waals surface area contributed by atoms with Crippen LogP contribution in [0.3, 0.4) is 0 Å². The van der Waals surface area contributed by atoms with Gasteiger partial charge >= 0.3 is 5.97 Å². The summed E-state index contributed by atoms with van der Waals surface area (Å²) in [4.78, 5) is 12.1. The van der Waals surface area contributed by atoms with Crippen LogP contribution in [0.2, 0.25) is 0 Å². The van der Waals surface area contributed by atoms with Crippen LogP contribution >= 0.6 is 0 Å². The first-order chi connectivity index (χ1) is 8.87. The maximum absolute atomic E-state index is 12.1. The molecule has 1 aromatic carbocycles. The van der Waals surface area contributed by atoms with Crippen molar-refractivity contribution in [2.75, 3.05) is 5.73 Å².